The molecule has 1 atom stereocenters. The van der Waals surface area contributed by atoms with Crippen molar-refractivity contribution < 1.29 is 9.53 Å². The maximum atomic E-state index is 11.5. The van der Waals surface area contributed by atoms with Gasteiger partial charge in [-0.15, -0.1) is 6.58 Å². The van der Waals surface area contributed by atoms with E-state index in [1.807, 2.05) is 25.1 Å². The van der Waals surface area contributed by atoms with Gasteiger partial charge in [0.1, 0.15) is 6.61 Å². The minimum absolute atomic E-state index is 0.000648. The molecule has 0 unspecified atom stereocenters. The molecule has 1 aromatic rings. The van der Waals surface area contributed by atoms with E-state index in [-0.39, 0.29) is 18.5 Å². The van der Waals surface area contributed by atoms with Crippen LogP contribution in [0, 0.1) is 0 Å². The van der Waals surface area contributed by atoms with E-state index in [9.17, 15) is 4.79 Å². The molecule has 0 radical (unpaired) electrons. The average Bonchev–Trinajstić information content (AvgIpc) is 2.26. The molecule has 2 heteroatoms. The third-order valence-electron chi connectivity index (χ3n) is 1.91. The lowest BCUT2D eigenvalue weighted by molar-refractivity contribution is 0.0659. The van der Waals surface area contributed by atoms with E-state index in [0.717, 1.165) is 0 Å². The Morgan fingerprint density at radius 1 is 1.50 bits per heavy atom. The number of carbonyl (C=O) groups is 1. The Morgan fingerprint density at radius 3 is 2.71 bits per heavy atom. The predicted molar refractivity (Wildman–Crippen MR) is 56.4 cm³/mol. The summed E-state index contributed by atoms with van der Waals surface area (Å²) < 4.78 is 5.24. The van der Waals surface area contributed by atoms with Gasteiger partial charge >= 0.3 is 0 Å². The highest BCUT2D eigenvalue weighted by atomic mass is 16.5. The minimum atomic E-state index is -0.0809. The predicted octanol–water partition coefficient (Wildman–Crippen LogP) is 2.46. The largest absolute Gasteiger partial charge is 0.366 e. The molecule has 0 saturated heterocycles. The highest BCUT2D eigenvalue weighted by Crippen LogP contribution is 2.01. The van der Waals surface area contributed by atoms with E-state index in [1.165, 1.54) is 0 Å². The highest BCUT2D eigenvalue weighted by molar-refractivity contribution is 5.97. The van der Waals surface area contributed by atoms with E-state index in [4.69, 9.17) is 4.74 Å². The van der Waals surface area contributed by atoms with E-state index >= 15 is 0 Å². The first-order chi connectivity index (χ1) is 6.74. The fourth-order valence-corrected chi connectivity index (χ4v) is 0.983. The molecule has 74 valence electrons. The number of carbonyl (C=O) groups excluding carboxylic acids is 1. The summed E-state index contributed by atoms with van der Waals surface area (Å²) in [5.41, 5.74) is 0.684. The van der Waals surface area contributed by atoms with Crippen molar-refractivity contribution in [2.45, 2.75) is 13.0 Å². The molecule has 0 N–H and O–H groups in total. The molecule has 0 aliphatic rings. The monoisotopic (exact) mass is 190 g/mol. The van der Waals surface area contributed by atoms with Crippen LogP contribution in [0.1, 0.15) is 17.3 Å². The fraction of sp³-hybridized carbons (Fsp3) is 0.250. The summed E-state index contributed by atoms with van der Waals surface area (Å²) in [6, 6.07) is 9.12. The molecule has 0 saturated carbocycles. The van der Waals surface area contributed by atoms with Crippen LogP contribution in [0.15, 0.2) is 43.0 Å². The number of hydrogen-bond donors (Lipinski definition) is 0. The summed E-state index contributed by atoms with van der Waals surface area (Å²) in [4.78, 5) is 11.5. The van der Waals surface area contributed by atoms with Gasteiger partial charge in [0.2, 0.25) is 0 Å². The van der Waals surface area contributed by atoms with Crippen molar-refractivity contribution in [1.82, 2.24) is 0 Å². The smallest absolute Gasteiger partial charge is 0.188 e. The Kier molecular flexibility index (Phi) is 4.08. The van der Waals surface area contributed by atoms with Gasteiger partial charge in [0.05, 0.1) is 6.10 Å². The zero-order valence-electron chi connectivity index (χ0n) is 8.27. The molecule has 0 fully saturated rings. The van der Waals surface area contributed by atoms with Gasteiger partial charge in [-0.05, 0) is 6.92 Å². The molecule has 0 aliphatic heterocycles. The summed E-state index contributed by atoms with van der Waals surface area (Å²) in [6.45, 7) is 5.54. The van der Waals surface area contributed by atoms with Crippen LogP contribution in [0.2, 0.25) is 0 Å². The molecule has 0 aliphatic carbocycles. The van der Waals surface area contributed by atoms with Crippen LogP contribution in [0.5, 0.6) is 0 Å². The third kappa shape index (κ3) is 3.15. The lowest BCUT2D eigenvalue weighted by Crippen LogP contribution is -2.13. The molecule has 0 bridgehead atoms. The molecule has 2 nitrogen and oxygen atoms in total. The molecule has 0 amide bonds. The first-order valence-corrected chi connectivity index (χ1v) is 4.56. The normalized spacial score (nSPS) is 12.1. The average molecular weight is 190 g/mol. The van der Waals surface area contributed by atoms with Crippen molar-refractivity contribution in [3.8, 4) is 0 Å². The summed E-state index contributed by atoms with van der Waals surface area (Å²) in [7, 11) is 0. The highest BCUT2D eigenvalue weighted by Gasteiger charge is 2.06. The van der Waals surface area contributed by atoms with Gasteiger partial charge in [-0.3, -0.25) is 4.79 Å². The van der Waals surface area contributed by atoms with E-state index < -0.39 is 0 Å². The Morgan fingerprint density at radius 2 is 2.14 bits per heavy atom. The second-order valence-corrected chi connectivity index (χ2v) is 3.04. The van der Waals surface area contributed by atoms with Gasteiger partial charge < -0.3 is 4.74 Å². The summed E-state index contributed by atoms with van der Waals surface area (Å²) in [6.07, 6.45) is 1.58. The molecule has 14 heavy (non-hydrogen) atoms. The Labute approximate surface area is 84.2 Å². The molecule has 0 spiro atoms. The number of hydrogen-bond acceptors (Lipinski definition) is 2. The van der Waals surface area contributed by atoms with E-state index in [0.29, 0.717) is 5.56 Å². The van der Waals surface area contributed by atoms with Gasteiger partial charge in [-0.25, -0.2) is 0 Å². The Balaban J connectivity index is 2.47. The van der Waals surface area contributed by atoms with Crippen LogP contribution in [0.3, 0.4) is 0 Å². The zero-order chi connectivity index (χ0) is 10.4. The SMILES string of the molecule is C=C[C@@H](C)OCC(=O)c1ccccc1. The summed E-state index contributed by atoms with van der Waals surface area (Å²) >= 11 is 0. The van der Waals surface area contributed by atoms with Crippen molar-refractivity contribution in [1.29, 1.82) is 0 Å². The van der Waals surface area contributed by atoms with Gasteiger partial charge in [0.15, 0.2) is 5.78 Å². The second-order valence-electron chi connectivity index (χ2n) is 3.04. The van der Waals surface area contributed by atoms with Crippen molar-refractivity contribution in [3.63, 3.8) is 0 Å². The van der Waals surface area contributed by atoms with Crippen LogP contribution in [0.4, 0.5) is 0 Å². The molecular formula is C12H14O2. The number of rotatable bonds is 5. The quantitative estimate of drug-likeness (QED) is 0.526. The Hall–Kier alpha value is -1.41. The zero-order valence-corrected chi connectivity index (χ0v) is 8.27. The minimum Gasteiger partial charge on any atom is -0.366 e. The van der Waals surface area contributed by atoms with Crippen LogP contribution in [-0.2, 0) is 4.74 Å². The number of ketones is 1. The molecule has 1 aromatic carbocycles. The number of ether oxygens (including phenoxy) is 1. The third-order valence-corrected chi connectivity index (χ3v) is 1.91. The van der Waals surface area contributed by atoms with Gasteiger partial charge in [0, 0.05) is 5.56 Å². The summed E-state index contributed by atoms with van der Waals surface area (Å²) in [5, 5.41) is 0. The van der Waals surface area contributed by atoms with E-state index in [2.05, 4.69) is 6.58 Å². The number of benzene rings is 1. The standard InChI is InChI=1S/C12H14O2/c1-3-10(2)14-9-12(13)11-7-5-4-6-8-11/h3-8,10H,1,9H2,2H3/t10-/m1/s1. The maximum absolute atomic E-state index is 11.5. The lowest BCUT2D eigenvalue weighted by Gasteiger charge is -2.06. The molecular weight excluding hydrogens is 176 g/mol. The topological polar surface area (TPSA) is 26.3 Å². The van der Waals surface area contributed by atoms with Gasteiger partial charge in [-0.1, -0.05) is 36.4 Å². The first kappa shape index (κ1) is 10.7. The number of Topliss-reactive ketones (excluding diaryl/α,β-unsaturated/α-hetero) is 1. The van der Waals surface area contributed by atoms with Gasteiger partial charge in [0.25, 0.3) is 0 Å². The van der Waals surface area contributed by atoms with Crippen molar-refractivity contribution in [2.75, 3.05) is 6.61 Å². The van der Waals surface area contributed by atoms with Crippen LogP contribution in [0.25, 0.3) is 0 Å². The van der Waals surface area contributed by atoms with Gasteiger partial charge in [-0.2, -0.15) is 0 Å². The first-order valence-electron chi connectivity index (χ1n) is 4.56. The van der Waals surface area contributed by atoms with Crippen molar-refractivity contribution in [2.24, 2.45) is 0 Å². The molecule has 0 aromatic heterocycles. The maximum Gasteiger partial charge on any atom is 0.188 e. The van der Waals surface area contributed by atoms with Crippen LogP contribution in [-0.4, -0.2) is 18.5 Å². The molecule has 1 rings (SSSR count). The fourth-order valence-electron chi connectivity index (χ4n) is 0.983. The summed E-state index contributed by atoms with van der Waals surface area (Å²) in [5.74, 6) is -0.000648. The second kappa shape index (κ2) is 5.35. The molecule has 0 heterocycles. The lowest BCUT2D eigenvalue weighted by atomic mass is 10.1. The van der Waals surface area contributed by atoms with E-state index in [1.54, 1.807) is 18.2 Å². The van der Waals surface area contributed by atoms with Crippen molar-refractivity contribution >= 4 is 5.78 Å². The van der Waals surface area contributed by atoms with Crippen LogP contribution < -0.4 is 0 Å². The van der Waals surface area contributed by atoms with Crippen molar-refractivity contribution in [3.05, 3.63) is 48.6 Å². The Bertz CT molecular complexity index is 303. The van der Waals surface area contributed by atoms with Crippen LogP contribution >= 0.6 is 0 Å².